The molecule has 0 aliphatic heterocycles. The van der Waals surface area contributed by atoms with Gasteiger partial charge in [0.25, 0.3) is 0 Å². The maximum absolute atomic E-state index is 2.50. The highest BCUT2D eigenvalue weighted by atomic mass is 32.1. The van der Waals surface area contributed by atoms with Crippen LogP contribution in [0.1, 0.15) is 49.9 Å². The van der Waals surface area contributed by atoms with Crippen LogP contribution >= 0.6 is 11.3 Å². The Morgan fingerprint density at radius 2 is 0.968 bits per heavy atom. The predicted molar refractivity (Wildman–Crippen MR) is 265 cm³/mol. The van der Waals surface area contributed by atoms with Crippen LogP contribution in [0, 0.1) is 0 Å². The third-order valence-corrected chi connectivity index (χ3v) is 15.1. The van der Waals surface area contributed by atoms with Gasteiger partial charge in [-0.1, -0.05) is 179 Å². The largest absolute Gasteiger partial charge is 0.310 e. The molecule has 1 heterocycles. The van der Waals surface area contributed by atoms with Crippen LogP contribution in [0.25, 0.3) is 75.8 Å². The Balaban J connectivity index is 0.991. The van der Waals surface area contributed by atoms with Crippen molar-refractivity contribution in [3.63, 3.8) is 0 Å². The van der Waals surface area contributed by atoms with Crippen molar-refractivity contribution in [2.24, 2.45) is 0 Å². The first-order chi connectivity index (χ1) is 30.3. The standard InChI is InChI=1S/C60H45NS/c1-59(2)53-34-30-41(36-51(53)47-33-29-42(37-54(47)59)38-15-6-5-7-16-38)40-17-12-18-44(35-40)61(55-25-14-22-49-46-19-8-10-24-52(46)60(3,4)57(49)55)43-31-27-39(28-32-43)45-21-13-23-50-48-20-9-11-26-56(48)62-58(45)50/h5-37H,1-4H3. The first-order valence-electron chi connectivity index (χ1n) is 21.8. The van der Waals surface area contributed by atoms with Gasteiger partial charge in [0.2, 0.25) is 0 Å². The van der Waals surface area contributed by atoms with Crippen molar-refractivity contribution >= 4 is 48.6 Å². The van der Waals surface area contributed by atoms with E-state index in [4.69, 9.17) is 0 Å². The Hall–Kier alpha value is -7.00. The molecule has 0 radical (unpaired) electrons. The van der Waals surface area contributed by atoms with Crippen molar-refractivity contribution in [1.29, 1.82) is 0 Å². The number of thiophene rings is 1. The third-order valence-electron chi connectivity index (χ3n) is 13.9. The molecule has 0 saturated carbocycles. The second kappa shape index (κ2) is 13.8. The lowest BCUT2D eigenvalue weighted by atomic mass is 9.81. The smallest absolute Gasteiger partial charge is 0.0508 e. The van der Waals surface area contributed by atoms with Gasteiger partial charge in [-0.2, -0.15) is 0 Å². The number of nitrogens with zero attached hydrogens (tertiary/aromatic N) is 1. The van der Waals surface area contributed by atoms with Gasteiger partial charge in [0.15, 0.2) is 0 Å². The SMILES string of the molecule is CC1(C)c2ccc(-c3cccc(N(c4ccc(-c5cccc6c5sc5ccccc56)cc4)c4cccc5c4C(C)(C)c4ccccc4-5)c3)cc2-c2ccc(-c3ccccc3)cc21. The molecular formula is C60H45NS. The van der Waals surface area contributed by atoms with Crippen LogP contribution in [0.4, 0.5) is 17.1 Å². The lowest BCUT2D eigenvalue weighted by molar-refractivity contribution is 0.660. The highest BCUT2D eigenvalue weighted by Gasteiger charge is 2.39. The highest BCUT2D eigenvalue weighted by molar-refractivity contribution is 7.26. The lowest BCUT2D eigenvalue weighted by Crippen LogP contribution is -2.20. The Labute approximate surface area is 368 Å². The molecule has 0 fully saturated rings. The van der Waals surface area contributed by atoms with E-state index in [-0.39, 0.29) is 10.8 Å². The minimum Gasteiger partial charge on any atom is -0.310 e. The van der Waals surface area contributed by atoms with Crippen molar-refractivity contribution < 1.29 is 0 Å². The average Bonchev–Trinajstić information content (AvgIpc) is 3.89. The summed E-state index contributed by atoms with van der Waals surface area (Å²) in [5, 5.41) is 2.65. The topological polar surface area (TPSA) is 3.24 Å². The Bertz CT molecular complexity index is 3400. The normalized spacial score (nSPS) is 14.1. The van der Waals surface area contributed by atoms with Crippen LogP contribution in [0.5, 0.6) is 0 Å². The molecule has 0 saturated heterocycles. The molecular weight excluding hydrogens is 767 g/mol. The minimum atomic E-state index is -0.185. The van der Waals surface area contributed by atoms with Gasteiger partial charge in [0.1, 0.15) is 0 Å². The van der Waals surface area contributed by atoms with Gasteiger partial charge in [-0.05, 0) is 126 Å². The fourth-order valence-corrected chi connectivity index (χ4v) is 12.0. The quantitative estimate of drug-likeness (QED) is 0.162. The number of benzene rings is 9. The minimum absolute atomic E-state index is 0.0979. The molecule has 1 nitrogen and oxygen atoms in total. The van der Waals surface area contributed by atoms with Gasteiger partial charge in [-0.15, -0.1) is 11.3 Å². The number of rotatable bonds is 6. The number of anilines is 3. The molecule has 0 N–H and O–H groups in total. The van der Waals surface area contributed by atoms with Crippen molar-refractivity contribution in [2.75, 3.05) is 4.90 Å². The molecule has 1 aromatic heterocycles. The van der Waals surface area contributed by atoms with Crippen LogP contribution < -0.4 is 4.90 Å². The molecule has 10 aromatic rings. The monoisotopic (exact) mass is 811 g/mol. The van der Waals surface area contributed by atoms with Gasteiger partial charge in [-0.25, -0.2) is 0 Å². The van der Waals surface area contributed by atoms with Crippen LogP contribution in [0.3, 0.4) is 0 Å². The van der Waals surface area contributed by atoms with Crippen LogP contribution in [-0.2, 0) is 10.8 Å². The molecule has 0 unspecified atom stereocenters. The van der Waals surface area contributed by atoms with E-state index in [0.717, 1.165) is 11.4 Å². The Kier molecular flexibility index (Phi) is 8.17. The first kappa shape index (κ1) is 36.8. The van der Waals surface area contributed by atoms with Crippen molar-refractivity contribution in [2.45, 2.75) is 38.5 Å². The molecule has 2 aliphatic carbocycles. The molecule has 62 heavy (non-hydrogen) atoms. The van der Waals surface area contributed by atoms with Crippen molar-refractivity contribution in [1.82, 2.24) is 0 Å². The van der Waals surface area contributed by atoms with Gasteiger partial charge in [0, 0.05) is 42.4 Å². The zero-order chi connectivity index (χ0) is 41.7. The molecule has 12 rings (SSSR count). The van der Waals surface area contributed by atoms with E-state index in [0.29, 0.717) is 0 Å². The number of fused-ring (bicyclic) bond motifs is 9. The van der Waals surface area contributed by atoms with Gasteiger partial charge in [0.05, 0.1) is 5.69 Å². The summed E-state index contributed by atoms with van der Waals surface area (Å²) in [4.78, 5) is 2.50. The van der Waals surface area contributed by atoms with E-state index in [2.05, 4.69) is 233 Å². The first-order valence-corrected chi connectivity index (χ1v) is 22.6. The average molecular weight is 812 g/mol. The third kappa shape index (κ3) is 5.53. The maximum Gasteiger partial charge on any atom is 0.0508 e. The molecule has 0 atom stereocenters. The van der Waals surface area contributed by atoms with Crippen LogP contribution in [-0.4, -0.2) is 0 Å². The molecule has 296 valence electrons. The van der Waals surface area contributed by atoms with Gasteiger partial charge in [-0.3, -0.25) is 0 Å². The number of hydrogen-bond acceptors (Lipinski definition) is 2. The molecule has 2 heteroatoms. The second-order valence-corrected chi connectivity index (χ2v) is 19.1. The predicted octanol–water partition coefficient (Wildman–Crippen LogP) is 17.1. The van der Waals surface area contributed by atoms with E-state index in [1.54, 1.807) is 0 Å². The van der Waals surface area contributed by atoms with Crippen LogP contribution in [0.2, 0.25) is 0 Å². The highest BCUT2D eigenvalue weighted by Crippen LogP contribution is 2.55. The molecule has 9 aromatic carbocycles. The molecule has 0 bridgehead atoms. The Morgan fingerprint density at radius 1 is 0.355 bits per heavy atom. The molecule has 0 spiro atoms. The Morgan fingerprint density at radius 3 is 1.84 bits per heavy atom. The van der Waals surface area contributed by atoms with E-state index in [1.165, 1.54) is 104 Å². The zero-order valence-corrected chi connectivity index (χ0v) is 36.2. The van der Waals surface area contributed by atoms with Gasteiger partial charge >= 0.3 is 0 Å². The summed E-state index contributed by atoms with van der Waals surface area (Å²) in [6, 6.07) is 74.7. The summed E-state index contributed by atoms with van der Waals surface area (Å²) in [6.07, 6.45) is 0. The van der Waals surface area contributed by atoms with Crippen molar-refractivity contribution in [3.8, 4) is 55.6 Å². The fourth-order valence-electron chi connectivity index (χ4n) is 10.8. The molecule has 0 amide bonds. The zero-order valence-electron chi connectivity index (χ0n) is 35.4. The van der Waals surface area contributed by atoms with E-state index < -0.39 is 0 Å². The summed E-state index contributed by atoms with van der Waals surface area (Å²) in [5.74, 6) is 0. The molecule has 2 aliphatic rings. The lowest BCUT2D eigenvalue weighted by Gasteiger charge is -2.32. The summed E-state index contributed by atoms with van der Waals surface area (Å²) < 4.78 is 2.66. The van der Waals surface area contributed by atoms with E-state index in [1.807, 2.05) is 11.3 Å². The second-order valence-electron chi connectivity index (χ2n) is 18.1. The van der Waals surface area contributed by atoms with Gasteiger partial charge < -0.3 is 4.90 Å². The maximum atomic E-state index is 2.50. The fraction of sp³-hybridized carbons (Fsp3) is 0.100. The summed E-state index contributed by atoms with van der Waals surface area (Å²) >= 11 is 1.89. The van der Waals surface area contributed by atoms with Crippen molar-refractivity contribution in [3.05, 3.63) is 222 Å². The number of hydrogen-bond donors (Lipinski definition) is 0. The summed E-state index contributed by atoms with van der Waals surface area (Å²) in [6.45, 7) is 9.52. The van der Waals surface area contributed by atoms with E-state index in [9.17, 15) is 0 Å². The van der Waals surface area contributed by atoms with Crippen LogP contribution in [0.15, 0.2) is 200 Å². The summed E-state index contributed by atoms with van der Waals surface area (Å²) in [5.41, 5.74) is 21.4. The van der Waals surface area contributed by atoms with E-state index >= 15 is 0 Å². The summed E-state index contributed by atoms with van der Waals surface area (Å²) in [7, 11) is 0.